The SMILES string of the molecule is C=CC(=O)Nc1cc(/C=C/C2CCC(F)(F)CC2)c2c(c1)CCO2. The molecule has 0 spiro atoms. The molecule has 0 unspecified atom stereocenters. The van der Waals surface area contributed by atoms with E-state index in [1.54, 1.807) is 0 Å². The summed E-state index contributed by atoms with van der Waals surface area (Å²) < 4.78 is 32.2. The fraction of sp³-hybridized carbons (Fsp3) is 0.421. The highest BCUT2D eigenvalue weighted by molar-refractivity contribution is 5.99. The van der Waals surface area contributed by atoms with E-state index >= 15 is 0 Å². The van der Waals surface area contributed by atoms with Gasteiger partial charge >= 0.3 is 0 Å². The summed E-state index contributed by atoms with van der Waals surface area (Å²) in [5.41, 5.74) is 2.62. The molecule has 0 aromatic heterocycles. The molecule has 2 aliphatic rings. The number of anilines is 1. The predicted molar refractivity (Wildman–Crippen MR) is 90.4 cm³/mol. The van der Waals surface area contributed by atoms with Gasteiger partial charge in [0.05, 0.1) is 6.61 Å². The van der Waals surface area contributed by atoms with Crippen molar-refractivity contribution in [3.8, 4) is 5.75 Å². The van der Waals surface area contributed by atoms with Gasteiger partial charge < -0.3 is 10.1 Å². The number of hydrogen-bond acceptors (Lipinski definition) is 2. The van der Waals surface area contributed by atoms with Crippen LogP contribution in [0.3, 0.4) is 0 Å². The maximum Gasteiger partial charge on any atom is 0.248 e. The van der Waals surface area contributed by atoms with E-state index in [1.807, 2.05) is 24.3 Å². The van der Waals surface area contributed by atoms with E-state index in [0.29, 0.717) is 25.1 Å². The standard InChI is InChI=1S/C19H21F2NO2/c1-2-17(23)22-16-11-14(18-15(12-16)7-10-24-18)4-3-13-5-8-19(20,21)9-6-13/h2-4,11-13H,1,5-10H2,(H,22,23)/b4-3+. The third-order valence-corrected chi connectivity index (χ3v) is 4.58. The Morgan fingerprint density at radius 3 is 2.79 bits per heavy atom. The van der Waals surface area contributed by atoms with Crippen molar-refractivity contribution in [2.45, 2.75) is 38.0 Å². The highest BCUT2D eigenvalue weighted by atomic mass is 19.3. The van der Waals surface area contributed by atoms with E-state index in [4.69, 9.17) is 4.74 Å². The van der Waals surface area contributed by atoms with Gasteiger partial charge in [-0.2, -0.15) is 0 Å². The second-order valence-corrected chi connectivity index (χ2v) is 6.40. The number of ether oxygens (including phenoxy) is 1. The van der Waals surface area contributed by atoms with Crippen molar-refractivity contribution < 1.29 is 18.3 Å². The summed E-state index contributed by atoms with van der Waals surface area (Å²) in [5, 5.41) is 2.76. The maximum atomic E-state index is 13.2. The van der Waals surface area contributed by atoms with Crippen LogP contribution in [0.2, 0.25) is 0 Å². The number of allylic oxidation sites excluding steroid dienone is 1. The van der Waals surface area contributed by atoms with Crippen LogP contribution in [0, 0.1) is 5.92 Å². The van der Waals surface area contributed by atoms with Gasteiger partial charge in [-0.3, -0.25) is 4.79 Å². The van der Waals surface area contributed by atoms with E-state index in [-0.39, 0.29) is 24.7 Å². The van der Waals surface area contributed by atoms with Gasteiger partial charge in [0.15, 0.2) is 0 Å². The molecule has 0 radical (unpaired) electrons. The molecule has 1 amide bonds. The van der Waals surface area contributed by atoms with Crippen LogP contribution < -0.4 is 10.1 Å². The number of carbonyl (C=O) groups excluding carboxylic acids is 1. The summed E-state index contributed by atoms with van der Waals surface area (Å²) in [5.74, 6) is -1.79. The zero-order valence-electron chi connectivity index (χ0n) is 13.5. The fourth-order valence-corrected chi connectivity index (χ4v) is 3.22. The van der Waals surface area contributed by atoms with Gasteiger partial charge in [0, 0.05) is 36.1 Å². The molecule has 3 rings (SSSR count). The molecule has 3 nitrogen and oxygen atoms in total. The van der Waals surface area contributed by atoms with E-state index in [0.717, 1.165) is 23.3 Å². The Morgan fingerprint density at radius 1 is 1.33 bits per heavy atom. The minimum Gasteiger partial charge on any atom is -0.492 e. The van der Waals surface area contributed by atoms with Crippen LogP contribution in [-0.4, -0.2) is 18.4 Å². The van der Waals surface area contributed by atoms with Crippen LogP contribution in [0.4, 0.5) is 14.5 Å². The van der Waals surface area contributed by atoms with Crippen LogP contribution in [-0.2, 0) is 11.2 Å². The van der Waals surface area contributed by atoms with Crippen molar-refractivity contribution in [1.82, 2.24) is 0 Å². The molecular weight excluding hydrogens is 312 g/mol. The van der Waals surface area contributed by atoms with Gasteiger partial charge in [0.25, 0.3) is 0 Å². The zero-order chi connectivity index (χ0) is 17.2. The van der Waals surface area contributed by atoms with Crippen molar-refractivity contribution in [2.75, 3.05) is 11.9 Å². The first-order valence-corrected chi connectivity index (χ1v) is 8.26. The highest BCUT2D eigenvalue weighted by Gasteiger charge is 2.34. The number of rotatable bonds is 4. The summed E-state index contributed by atoms with van der Waals surface area (Å²) in [7, 11) is 0. The Balaban J connectivity index is 1.78. The first kappa shape index (κ1) is 16.7. The number of carbonyl (C=O) groups is 1. The second-order valence-electron chi connectivity index (χ2n) is 6.40. The average Bonchev–Trinajstić information content (AvgIpc) is 3.02. The van der Waals surface area contributed by atoms with Crippen molar-refractivity contribution in [2.24, 2.45) is 5.92 Å². The molecular formula is C19H21F2NO2. The fourth-order valence-electron chi connectivity index (χ4n) is 3.22. The third kappa shape index (κ3) is 3.83. The molecule has 5 heteroatoms. The quantitative estimate of drug-likeness (QED) is 0.819. The first-order chi connectivity index (χ1) is 11.5. The lowest BCUT2D eigenvalue weighted by Gasteiger charge is -2.26. The molecule has 1 aromatic carbocycles. The minimum atomic E-state index is -2.51. The lowest BCUT2D eigenvalue weighted by Crippen LogP contribution is -2.23. The van der Waals surface area contributed by atoms with Crippen LogP contribution in [0.25, 0.3) is 6.08 Å². The molecule has 1 aliphatic carbocycles. The summed E-state index contributed by atoms with van der Waals surface area (Å²) in [4.78, 5) is 11.5. The normalized spacial score (nSPS) is 19.8. The first-order valence-electron chi connectivity index (χ1n) is 8.26. The molecule has 1 N–H and O–H groups in total. The number of halogens is 2. The van der Waals surface area contributed by atoms with E-state index in [2.05, 4.69) is 11.9 Å². The smallest absolute Gasteiger partial charge is 0.248 e. The Morgan fingerprint density at radius 2 is 2.08 bits per heavy atom. The number of alkyl halides is 2. The molecule has 1 heterocycles. The van der Waals surface area contributed by atoms with Crippen molar-refractivity contribution in [3.63, 3.8) is 0 Å². The van der Waals surface area contributed by atoms with Gasteiger partial charge in [-0.25, -0.2) is 8.78 Å². The van der Waals surface area contributed by atoms with Crippen molar-refractivity contribution >= 4 is 17.7 Å². The van der Waals surface area contributed by atoms with E-state index in [9.17, 15) is 13.6 Å². The Kier molecular flexibility index (Phi) is 4.69. The third-order valence-electron chi connectivity index (χ3n) is 4.58. The van der Waals surface area contributed by atoms with Crippen molar-refractivity contribution in [3.05, 3.63) is 42.0 Å². The van der Waals surface area contributed by atoms with Gasteiger partial charge in [-0.15, -0.1) is 0 Å². The van der Waals surface area contributed by atoms with Crippen LogP contribution in [0.5, 0.6) is 5.75 Å². The lowest BCUT2D eigenvalue weighted by molar-refractivity contribution is -0.111. The topological polar surface area (TPSA) is 38.3 Å². The summed E-state index contributed by atoms with van der Waals surface area (Å²) >= 11 is 0. The number of nitrogens with one attached hydrogen (secondary N) is 1. The zero-order valence-corrected chi connectivity index (χ0v) is 13.5. The van der Waals surface area contributed by atoms with E-state index < -0.39 is 5.92 Å². The Hall–Kier alpha value is -2.17. The molecule has 128 valence electrons. The van der Waals surface area contributed by atoms with Gasteiger partial charge in [0.2, 0.25) is 11.8 Å². The number of benzene rings is 1. The highest BCUT2D eigenvalue weighted by Crippen LogP contribution is 2.38. The summed E-state index contributed by atoms with van der Waals surface area (Å²) in [6.45, 7) is 4.06. The average molecular weight is 333 g/mol. The molecule has 1 fully saturated rings. The van der Waals surface area contributed by atoms with Gasteiger partial charge in [-0.1, -0.05) is 18.7 Å². The molecule has 1 saturated carbocycles. The van der Waals surface area contributed by atoms with Crippen LogP contribution in [0.1, 0.15) is 36.8 Å². The monoisotopic (exact) mass is 333 g/mol. The molecule has 0 atom stereocenters. The second kappa shape index (κ2) is 6.75. The number of hydrogen-bond donors (Lipinski definition) is 1. The maximum absolute atomic E-state index is 13.2. The minimum absolute atomic E-state index is 0.0496. The summed E-state index contributed by atoms with van der Waals surface area (Å²) in [6.07, 6.45) is 6.84. The van der Waals surface area contributed by atoms with Gasteiger partial charge in [0.1, 0.15) is 5.75 Å². The predicted octanol–water partition coefficient (Wildman–Crippen LogP) is 4.58. The van der Waals surface area contributed by atoms with Crippen LogP contribution >= 0.6 is 0 Å². The molecule has 24 heavy (non-hydrogen) atoms. The Bertz CT molecular complexity index is 672. The number of amides is 1. The largest absolute Gasteiger partial charge is 0.492 e. The van der Waals surface area contributed by atoms with Crippen LogP contribution in [0.15, 0.2) is 30.9 Å². The molecule has 0 bridgehead atoms. The lowest BCUT2D eigenvalue weighted by atomic mass is 9.86. The molecule has 1 aromatic rings. The number of fused-ring (bicyclic) bond motifs is 1. The Labute approximate surface area is 140 Å². The molecule has 1 aliphatic heterocycles. The summed E-state index contributed by atoms with van der Waals surface area (Å²) in [6, 6.07) is 3.75. The molecule has 0 saturated heterocycles. The van der Waals surface area contributed by atoms with Crippen molar-refractivity contribution in [1.29, 1.82) is 0 Å². The van der Waals surface area contributed by atoms with Gasteiger partial charge in [-0.05, 0) is 37.0 Å². The van der Waals surface area contributed by atoms with E-state index in [1.165, 1.54) is 6.08 Å².